The average Bonchev–Trinajstić information content (AvgIpc) is 2.38. The van der Waals surface area contributed by atoms with E-state index in [1.54, 1.807) is 6.92 Å². The van der Waals surface area contributed by atoms with E-state index in [2.05, 4.69) is 33.5 Å². The molecular weight excluding hydrogens is 306 g/mol. The lowest BCUT2D eigenvalue weighted by atomic mass is 9.92. The summed E-state index contributed by atoms with van der Waals surface area (Å²) in [6.45, 7) is 6.14. The van der Waals surface area contributed by atoms with Crippen LogP contribution in [-0.2, 0) is 10.3 Å². The van der Waals surface area contributed by atoms with Crippen molar-refractivity contribution in [2.75, 3.05) is 19.6 Å². The number of hydrogen-bond donors (Lipinski definition) is 3. The molecule has 1 rings (SSSR count). The predicted molar refractivity (Wildman–Crippen MR) is 81.9 cm³/mol. The van der Waals surface area contributed by atoms with E-state index in [9.17, 15) is 4.79 Å². The summed E-state index contributed by atoms with van der Waals surface area (Å²) >= 11 is 3.37. The van der Waals surface area contributed by atoms with Gasteiger partial charge < -0.3 is 16.4 Å². The molecule has 0 saturated heterocycles. The number of nitrogens with two attached hydrogens (primary N) is 1. The Bertz CT molecular complexity index is 404. The van der Waals surface area contributed by atoms with Crippen LogP contribution in [0.5, 0.6) is 0 Å². The molecule has 0 radical (unpaired) electrons. The maximum absolute atomic E-state index is 12.1. The zero-order valence-corrected chi connectivity index (χ0v) is 13.1. The van der Waals surface area contributed by atoms with Crippen LogP contribution in [-0.4, -0.2) is 25.5 Å². The summed E-state index contributed by atoms with van der Waals surface area (Å²) in [7, 11) is 0. The highest BCUT2D eigenvalue weighted by atomic mass is 79.9. The summed E-state index contributed by atoms with van der Waals surface area (Å²) in [5.41, 5.74) is 5.92. The molecule has 1 aromatic rings. The highest BCUT2D eigenvalue weighted by molar-refractivity contribution is 9.10. The van der Waals surface area contributed by atoms with E-state index >= 15 is 0 Å². The van der Waals surface area contributed by atoms with Crippen LogP contribution >= 0.6 is 15.9 Å². The third kappa shape index (κ3) is 4.93. The van der Waals surface area contributed by atoms with Gasteiger partial charge in [-0.15, -0.1) is 0 Å². The van der Waals surface area contributed by atoms with Crippen molar-refractivity contribution < 1.29 is 4.79 Å². The Morgan fingerprint density at radius 2 is 1.89 bits per heavy atom. The first-order chi connectivity index (χ1) is 8.98. The number of rotatable bonds is 7. The Morgan fingerprint density at radius 1 is 1.26 bits per heavy atom. The largest absolute Gasteiger partial charge is 0.353 e. The lowest BCUT2D eigenvalue weighted by molar-refractivity contribution is -0.126. The standard InChI is InChI=1S/C14H22BrN3O/c1-3-8-17-9-10-18-13(19)14(2,16)11-4-6-12(15)7-5-11/h4-7,17H,3,8-10,16H2,1-2H3,(H,18,19). The molecule has 0 heterocycles. The fraction of sp³-hybridized carbons (Fsp3) is 0.500. The number of halogens is 1. The molecule has 0 aromatic heterocycles. The van der Waals surface area contributed by atoms with Crippen molar-refractivity contribution in [2.45, 2.75) is 25.8 Å². The maximum Gasteiger partial charge on any atom is 0.244 e. The second-order valence-electron chi connectivity index (χ2n) is 4.72. The summed E-state index contributed by atoms with van der Waals surface area (Å²) < 4.78 is 0.969. The van der Waals surface area contributed by atoms with Crippen LogP contribution in [0.1, 0.15) is 25.8 Å². The van der Waals surface area contributed by atoms with Crippen LogP contribution in [0.25, 0.3) is 0 Å². The van der Waals surface area contributed by atoms with Gasteiger partial charge in [0.1, 0.15) is 5.54 Å². The van der Waals surface area contributed by atoms with Crippen LogP contribution < -0.4 is 16.4 Å². The van der Waals surface area contributed by atoms with Gasteiger partial charge in [0, 0.05) is 17.6 Å². The monoisotopic (exact) mass is 327 g/mol. The van der Waals surface area contributed by atoms with Crippen LogP contribution in [0.3, 0.4) is 0 Å². The zero-order chi connectivity index (χ0) is 14.3. The van der Waals surface area contributed by atoms with Gasteiger partial charge in [0.15, 0.2) is 0 Å². The first kappa shape index (κ1) is 16.1. The second kappa shape index (κ2) is 7.62. The van der Waals surface area contributed by atoms with E-state index in [0.29, 0.717) is 6.54 Å². The van der Waals surface area contributed by atoms with E-state index < -0.39 is 5.54 Å². The highest BCUT2D eigenvalue weighted by Crippen LogP contribution is 2.20. The Balaban J connectivity index is 2.52. The smallest absolute Gasteiger partial charge is 0.244 e. The number of benzene rings is 1. The molecule has 106 valence electrons. The Hall–Kier alpha value is -0.910. The van der Waals surface area contributed by atoms with Crippen molar-refractivity contribution in [3.63, 3.8) is 0 Å². The Morgan fingerprint density at radius 3 is 2.47 bits per heavy atom. The number of nitrogens with one attached hydrogen (secondary N) is 2. The third-order valence-corrected chi connectivity index (χ3v) is 3.46. The molecule has 5 heteroatoms. The summed E-state index contributed by atoms with van der Waals surface area (Å²) in [6.07, 6.45) is 1.08. The molecule has 1 aromatic carbocycles. The highest BCUT2D eigenvalue weighted by Gasteiger charge is 2.29. The van der Waals surface area contributed by atoms with Crippen LogP contribution in [0.4, 0.5) is 0 Å². The fourth-order valence-electron chi connectivity index (χ4n) is 1.68. The van der Waals surface area contributed by atoms with Gasteiger partial charge in [0.2, 0.25) is 5.91 Å². The van der Waals surface area contributed by atoms with Crippen molar-refractivity contribution in [1.29, 1.82) is 0 Å². The number of carbonyl (C=O) groups excluding carboxylic acids is 1. The van der Waals surface area contributed by atoms with E-state index in [4.69, 9.17) is 5.73 Å². The fourth-order valence-corrected chi connectivity index (χ4v) is 1.94. The molecule has 1 unspecified atom stereocenters. The van der Waals surface area contributed by atoms with Gasteiger partial charge in [-0.3, -0.25) is 4.79 Å². The van der Waals surface area contributed by atoms with Gasteiger partial charge >= 0.3 is 0 Å². The molecule has 1 amide bonds. The van der Waals surface area contributed by atoms with Gasteiger partial charge in [-0.2, -0.15) is 0 Å². The average molecular weight is 328 g/mol. The lowest BCUT2D eigenvalue weighted by Gasteiger charge is -2.24. The lowest BCUT2D eigenvalue weighted by Crippen LogP contribution is -2.50. The number of amides is 1. The molecule has 1 atom stereocenters. The molecule has 0 spiro atoms. The summed E-state index contributed by atoms with van der Waals surface area (Å²) in [5, 5.41) is 6.08. The van der Waals surface area contributed by atoms with Crippen molar-refractivity contribution in [3.8, 4) is 0 Å². The van der Waals surface area contributed by atoms with Gasteiger partial charge in [0.05, 0.1) is 0 Å². The van der Waals surface area contributed by atoms with Crippen molar-refractivity contribution in [2.24, 2.45) is 5.73 Å². The molecule has 0 bridgehead atoms. The Kier molecular flexibility index (Phi) is 6.48. The second-order valence-corrected chi connectivity index (χ2v) is 5.63. The van der Waals surface area contributed by atoms with Crippen LogP contribution in [0, 0.1) is 0 Å². The molecule has 4 N–H and O–H groups in total. The maximum atomic E-state index is 12.1. The molecule has 0 aliphatic carbocycles. The topological polar surface area (TPSA) is 67.1 Å². The third-order valence-electron chi connectivity index (χ3n) is 2.93. The summed E-state index contributed by atoms with van der Waals surface area (Å²) in [6, 6.07) is 7.49. The van der Waals surface area contributed by atoms with Gasteiger partial charge in [-0.05, 0) is 37.6 Å². The van der Waals surface area contributed by atoms with Crippen molar-refractivity contribution in [1.82, 2.24) is 10.6 Å². The molecule has 0 aliphatic heterocycles. The molecule has 0 fully saturated rings. The first-order valence-corrected chi connectivity index (χ1v) is 7.31. The first-order valence-electron chi connectivity index (χ1n) is 6.52. The van der Waals surface area contributed by atoms with Crippen LogP contribution in [0.15, 0.2) is 28.7 Å². The summed E-state index contributed by atoms with van der Waals surface area (Å²) in [4.78, 5) is 12.1. The van der Waals surface area contributed by atoms with Crippen molar-refractivity contribution in [3.05, 3.63) is 34.3 Å². The van der Waals surface area contributed by atoms with E-state index in [1.807, 2.05) is 24.3 Å². The van der Waals surface area contributed by atoms with Crippen LogP contribution in [0.2, 0.25) is 0 Å². The molecule has 0 saturated carbocycles. The summed E-state index contributed by atoms with van der Waals surface area (Å²) in [5.74, 6) is -0.159. The van der Waals surface area contributed by atoms with Crippen molar-refractivity contribution >= 4 is 21.8 Å². The normalized spacial score (nSPS) is 13.9. The molecular formula is C14H22BrN3O. The quantitative estimate of drug-likeness (QED) is 0.668. The number of carbonyl (C=O) groups is 1. The van der Waals surface area contributed by atoms with Gasteiger partial charge in [0.25, 0.3) is 0 Å². The minimum absolute atomic E-state index is 0.159. The predicted octanol–water partition coefficient (Wildman–Crippen LogP) is 1.74. The molecule has 19 heavy (non-hydrogen) atoms. The van der Waals surface area contributed by atoms with E-state index in [-0.39, 0.29) is 5.91 Å². The minimum Gasteiger partial charge on any atom is -0.353 e. The van der Waals surface area contributed by atoms with E-state index in [0.717, 1.165) is 29.5 Å². The molecule has 4 nitrogen and oxygen atoms in total. The van der Waals surface area contributed by atoms with Gasteiger partial charge in [-0.25, -0.2) is 0 Å². The zero-order valence-electron chi connectivity index (χ0n) is 11.5. The van der Waals surface area contributed by atoms with Gasteiger partial charge in [-0.1, -0.05) is 35.0 Å². The minimum atomic E-state index is -1.01. The molecule has 0 aliphatic rings. The Labute approximate surface area is 123 Å². The van der Waals surface area contributed by atoms with E-state index in [1.165, 1.54) is 0 Å². The SMILES string of the molecule is CCCNCCNC(=O)C(C)(N)c1ccc(Br)cc1. The number of hydrogen-bond acceptors (Lipinski definition) is 3.